The van der Waals surface area contributed by atoms with Gasteiger partial charge in [-0.3, -0.25) is 9.48 Å². The average molecular weight is 450 g/mol. The summed E-state index contributed by atoms with van der Waals surface area (Å²) in [5, 5.41) is 6.06. The second kappa shape index (κ2) is 7.67. The standard InChI is InChI=1S/C29H27N3O2/c1-18(2)32-25-21(17-31-32)11-14-23-26(33)24(27(34-28(23)25)20-7-4-3-5-8-20)19-9-12-22(13-10-19)29(30)15-6-16-29/h3-5,7-14,17-18H,6,15-16,30H2,1-2H3. The molecular weight excluding hydrogens is 422 g/mol. The van der Waals surface area contributed by atoms with Gasteiger partial charge in [0.05, 0.1) is 17.1 Å². The minimum absolute atomic E-state index is 0.0441. The Hall–Kier alpha value is -3.70. The number of fused-ring (bicyclic) bond motifs is 3. The van der Waals surface area contributed by atoms with Gasteiger partial charge in [0.15, 0.2) is 5.58 Å². The fraction of sp³-hybridized carbons (Fsp3) is 0.241. The Morgan fingerprint density at radius 2 is 1.71 bits per heavy atom. The Kier molecular flexibility index (Phi) is 4.71. The van der Waals surface area contributed by atoms with Crippen LogP contribution in [-0.4, -0.2) is 9.78 Å². The molecular formula is C29H27N3O2. The lowest BCUT2D eigenvalue weighted by atomic mass is 9.72. The van der Waals surface area contributed by atoms with Crippen LogP contribution in [-0.2, 0) is 5.54 Å². The molecule has 1 saturated carbocycles. The van der Waals surface area contributed by atoms with Crippen molar-refractivity contribution in [1.29, 1.82) is 0 Å². The third-order valence-electron chi connectivity index (χ3n) is 7.14. The molecule has 0 saturated heterocycles. The van der Waals surface area contributed by atoms with Crippen LogP contribution >= 0.6 is 0 Å². The van der Waals surface area contributed by atoms with Gasteiger partial charge in [0.25, 0.3) is 0 Å². The second-order valence-electron chi connectivity index (χ2n) is 9.65. The van der Waals surface area contributed by atoms with Crippen molar-refractivity contribution in [2.75, 3.05) is 0 Å². The molecule has 34 heavy (non-hydrogen) atoms. The summed E-state index contributed by atoms with van der Waals surface area (Å²) in [5.41, 5.74) is 11.1. The van der Waals surface area contributed by atoms with Crippen LogP contribution in [0.25, 0.3) is 44.3 Å². The predicted octanol–water partition coefficient (Wildman–Crippen LogP) is 6.40. The minimum Gasteiger partial charge on any atom is -0.453 e. The van der Waals surface area contributed by atoms with Crippen molar-refractivity contribution >= 4 is 21.9 Å². The molecule has 1 aliphatic carbocycles. The molecule has 5 aromatic rings. The number of hydrogen-bond acceptors (Lipinski definition) is 4. The number of aromatic nitrogens is 2. The van der Waals surface area contributed by atoms with Crippen molar-refractivity contribution in [1.82, 2.24) is 9.78 Å². The van der Waals surface area contributed by atoms with E-state index in [1.54, 1.807) is 0 Å². The first kappa shape index (κ1) is 20.9. The summed E-state index contributed by atoms with van der Waals surface area (Å²) in [5.74, 6) is 0.570. The highest BCUT2D eigenvalue weighted by molar-refractivity contribution is 6.04. The van der Waals surface area contributed by atoms with E-state index < -0.39 is 0 Å². The van der Waals surface area contributed by atoms with Gasteiger partial charge in [-0.2, -0.15) is 5.10 Å². The second-order valence-corrected chi connectivity index (χ2v) is 9.65. The summed E-state index contributed by atoms with van der Waals surface area (Å²) in [6, 6.07) is 21.9. The number of rotatable bonds is 4. The van der Waals surface area contributed by atoms with Crippen LogP contribution in [0.2, 0.25) is 0 Å². The molecule has 1 fully saturated rings. The van der Waals surface area contributed by atoms with E-state index in [0.29, 0.717) is 22.3 Å². The van der Waals surface area contributed by atoms with Gasteiger partial charge in [-0.05, 0) is 50.3 Å². The van der Waals surface area contributed by atoms with Crippen LogP contribution in [0.15, 0.2) is 82.1 Å². The van der Waals surface area contributed by atoms with Crippen LogP contribution in [0.4, 0.5) is 0 Å². The van der Waals surface area contributed by atoms with Gasteiger partial charge in [-0.1, -0.05) is 60.7 Å². The van der Waals surface area contributed by atoms with E-state index in [-0.39, 0.29) is 17.0 Å². The lowest BCUT2D eigenvalue weighted by Crippen LogP contribution is -2.43. The first-order valence-corrected chi connectivity index (χ1v) is 11.9. The zero-order valence-electron chi connectivity index (χ0n) is 19.4. The fourth-order valence-electron chi connectivity index (χ4n) is 5.04. The molecule has 2 aromatic heterocycles. The first-order chi connectivity index (χ1) is 16.5. The average Bonchev–Trinajstić information content (AvgIpc) is 3.28. The van der Waals surface area contributed by atoms with Gasteiger partial charge < -0.3 is 10.2 Å². The highest BCUT2D eigenvalue weighted by Gasteiger charge is 2.34. The normalized spacial score (nSPS) is 15.2. The van der Waals surface area contributed by atoms with Gasteiger partial charge in [0.2, 0.25) is 5.43 Å². The Bertz CT molecular complexity index is 1570. The molecule has 0 radical (unpaired) electrons. The minimum atomic E-state index is -0.240. The van der Waals surface area contributed by atoms with Crippen molar-refractivity contribution in [2.24, 2.45) is 5.73 Å². The maximum absolute atomic E-state index is 14.0. The Morgan fingerprint density at radius 1 is 0.971 bits per heavy atom. The van der Waals surface area contributed by atoms with Gasteiger partial charge in [0.1, 0.15) is 11.3 Å². The highest BCUT2D eigenvalue weighted by Crippen LogP contribution is 2.40. The molecule has 0 amide bonds. The van der Waals surface area contributed by atoms with Crippen LogP contribution < -0.4 is 11.2 Å². The lowest BCUT2D eigenvalue weighted by molar-refractivity contribution is 0.253. The van der Waals surface area contributed by atoms with Crippen LogP contribution in [0.3, 0.4) is 0 Å². The predicted molar refractivity (Wildman–Crippen MR) is 137 cm³/mol. The molecule has 2 heterocycles. The maximum atomic E-state index is 14.0. The summed E-state index contributed by atoms with van der Waals surface area (Å²) in [6.07, 6.45) is 4.98. The number of benzene rings is 3. The summed E-state index contributed by atoms with van der Waals surface area (Å²) in [7, 11) is 0. The number of nitrogens with zero attached hydrogens (tertiary/aromatic N) is 2. The molecule has 5 nitrogen and oxygen atoms in total. The zero-order chi connectivity index (χ0) is 23.4. The van der Waals surface area contributed by atoms with Crippen molar-refractivity contribution < 1.29 is 4.42 Å². The van der Waals surface area contributed by atoms with Gasteiger partial charge in [-0.15, -0.1) is 0 Å². The van der Waals surface area contributed by atoms with E-state index >= 15 is 0 Å². The van der Waals surface area contributed by atoms with Crippen molar-refractivity contribution in [3.63, 3.8) is 0 Å². The monoisotopic (exact) mass is 449 g/mol. The molecule has 170 valence electrons. The van der Waals surface area contributed by atoms with Gasteiger partial charge >= 0.3 is 0 Å². The Balaban J connectivity index is 1.65. The topological polar surface area (TPSA) is 74.0 Å². The molecule has 5 heteroatoms. The van der Waals surface area contributed by atoms with Crippen molar-refractivity contribution in [2.45, 2.75) is 44.7 Å². The molecule has 2 N–H and O–H groups in total. The molecule has 0 unspecified atom stereocenters. The first-order valence-electron chi connectivity index (χ1n) is 11.9. The summed E-state index contributed by atoms with van der Waals surface area (Å²) < 4.78 is 8.54. The maximum Gasteiger partial charge on any atom is 0.201 e. The molecule has 6 rings (SSSR count). The molecule has 0 bridgehead atoms. The number of nitrogens with two attached hydrogens (primary N) is 1. The van der Waals surface area contributed by atoms with E-state index in [4.69, 9.17) is 10.2 Å². The largest absolute Gasteiger partial charge is 0.453 e. The van der Waals surface area contributed by atoms with E-state index in [0.717, 1.165) is 46.9 Å². The molecule has 1 aliphatic rings. The van der Waals surface area contributed by atoms with E-state index in [9.17, 15) is 4.79 Å². The van der Waals surface area contributed by atoms with Gasteiger partial charge in [-0.25, -0.2) is 0 Å². The van der Waals surface area contributed by atoms with Crippen LogP contribution in [0.5, 0.6) is 0 Å². The third-order valence-corrected chi connectivity index (χ3v) is 7.14. The fourth-order valence-corrected chi connectivity index (χ4v) is 5.04. The zero-order valence-corrected chi connectivity index (χ0v) is 19.4. The van der Waals surface area contributed by atoms with E-state index in [1.165, 1.54) is 0 Å². The quantitative estimate of drug-likeness (QED) is 0.345. The summed E-state index contributed by atoms with van der Waals surface area (Å²) >= 11 is 0. The SMILES string of the molecule is CC(C)n1ncc2ccc3c(=O)c(-c4ccc(C5(N)CCC5)cc4)c(-c4ccccc4)oc3c21. The van der Waals surface area contributed by atoms with Crippen molar-refractivity contribution in [3.8, 4) is 22.5 Å². The lowest BCUT2D eigenvalue weighted by Gasteiger charge is -2.38. The Morgan fingerprint density at radius 3 is 2.35 bits per heavy atom. The molecule has 0 atom stereocenters. The third kappa shape index (κ3) is 3.11. The summed E-state index contributed by atoms with van der Waals surface area (Å²) in [4.78, 5) is 14.0. The Labute approximate surface area is 197 Å². The summed E-state index contributed by atoms with van der Waals surface area (Å²) in [6.45, 7) is 4.15. The smallest absolute Gasteiger partial charge is 0.201 e. The van der Waals surface area contributed by atoms with E-state index in [1.807, 2.05) is 65.5 Å². The van der Waals surface area contributed by atoms with E-state index in [2.05, 4.69) is 31.1 Å². The van der Waals surface area contributed by atoms with Gasteiger partial charge in [0, 0.05) is 22.5 Å². The molecule has 3 aromatic carbocycles. The molecule has 0 aliphatic heterocycles. The van der Waals surface area contributed by atoms with Crippen LogP contribution in [0.1, 0.15) is 44.7 Å². The highest BCUT2D eigenvalue weighted by atomic mass is 16.3. The van der Waals surface area contributed by atoms with Crippen LogP contribution in [0, 0.1) is 0 Å². The van der Waals surface area contributed by atoms with Crippen molar-refractivity contribution in [3.05, 3.63) is 88.7 Å². The molecule has 0 spiro atoms. The number of hydrogen-bond donors (Lipinski definition) is 1.